The van der Waals surface area contributed by atoms with Gasteiger partial charge in [-0.1, -0.05) is 52.8 Å². The van der Waals surface area contributed by atoms with Crippen molar-refractivity contribution < 1.29 is 29.3 Å². The highest BCUT2D eigenvalue weighted by molar-refractivity contribution is 5.84. The summed E-state index contributed by atoms with van der Waals surface area (Å²) in [6, 6.07) is 0. The summed E-state index contributed by atoms with van der Waals surface area (Å²) in [5, 5.41) is 15.5. The predicted octanol–water partition coefficient (Wildman–Crippen LogP) is 3.84. The van der Waals surface area contributed by atoms with Crippen molar-refractivity contribution in [1.82, 2.24) is 0 Å². The van der Waals surface area contributed by atoms with Gasteiger partial charge in [-0.3, -0.25) is 0 Å². The van der Waals surface area contributed by atoms with Crippen LogP contribution in [0, 0.1) is 5.92 Å². The van der Waals surface area contributed by atoms with Crippen LogP contribution in [0.25, 0.3) is 0 Å². The van der Waals surface area contributed by atoms with Crippen LogP contribution < -0.4 is 0 Å². The molecule has 1 atom stereocenters. The minimum atomic E-state index is -0.981. The molecule has 6 heteroatoms. The van der Waals surface area contributed by atoms with Crippen LogP contribution in [0.2, 0.25) is 0 Å². The van der Waals surface area contributed by atoms with Crippen molar-refractivity contribution in [1.29, 1.82) is 0 Å². The van der Waals surface area contributed by atoms with Crippen LogP contribution in [0.5, 0.6) is 0 Å². The van der Waals surface area contributed by atoms with Gasteiger partial charge in [0.25, 0.3) is 0 Å². The van der Waals surface area contributed by atoms with E-state index in [1.807, 2.05) is 0 Å². The molecule has 138 valence electrons. The first kappa shape index (κ1) is 26.5. The molecule has 0 spiro atoms. The second kappa shape index (κ2) is 18.7. The Morgan fingerprint density at radius 2 is 1.58 bits per heavy atom. The fraction of sp³-hybridized carbons (Fsp3) is 0.500. The van der Waals surface area contributed by atoms with Crippen molar-refractivity contribution in [2.45, 2.75) is 46.5 Å². The van der Waals surface area contributed by atoms with Crippen molar-refractivity contribution in [2.75, 3.05) is 6.61 Å². The first-order valence-electron chi connectivity index (χ1n) is 7.69. The van der Waals surface area contributed by atoms with Gasteiger partial charge in [-0.15, -0.1) is 0 Å². The van der Waals surface area contributed by atoms with Gasteiger partial charge >= 0.3 is 17.9 Å². The fourth-order valence-electron chi connectivity index (χ4n) is 1.16. The first-order valence-corrected chi connectivity index (χ1v) is 7.69. The van der Waals surface area contributed by atoms with Crippen LogP contribution in [0.15, 0.2) is 37.5 Å². The third-order valence-corrected chi connectivity index (χ3v) is 2.71. The number of hydrogen-bond acceptors (Lipinski definition) is 4. The largest absolute Gasteiger partial charge is 0.478 e. The summed E-state index contributed by atoms with van der Waals surface area (Å²) in [4.78, 5) is 29.6. The predicted molar refractivity (Wildman–Crippen MR) is 94.7 cm³/mol. The molecule has 0 aromatic heterocycles. The Labute approximate surface area is 144 Å². The lowest BCUT2D eigenvalue weighted by molar-refractivity contribution is -0.139. The molecule has 0 bridgehead atoms. The molecule has 0 saturated carbocycles. The van der Waals surface area contributed by atoms with Gasteiger partial charge in [0.15, 0.2) is 0 Å². The maximum atomic E-state index is 10.8. The molecule has 0 aliphatic heterocycles. The number of hydrogen-bond donors (Lipinski definition) is 2. The Bertz CT molecular complexity index is 400. The number of esters is 1. The normalized spacial score (nSPS) is 9.79. The van der Waals surface area contributed by atoms with E-state index in [2.05, 4.69) is 33.6 Å². The zero-order chi connectivity index (χ0) is 19.5. The van der Waals surface area contributed by atoms with Crippen LogP contribution in [-0.4, -0.2) is 34.7 Å². The maximum absolute atomic E-state index is 10.8. The van der Waals surface area contributed by atoms with Crippen molar-refractivity contribution in [3.05, 3.63) is 37.5 Å². The molecule has 0 aromatic carbocycles. The van der Waals surface area contributed by atoms with Gasteiger partial charge in [-0.05, 0) is 19.3 Å². The third kappa shape index (κ3) is 24.6. The standard InChI is InChI=1S/C11H20O2.C4H6O2.C3H4O2/c1-4-7-8-10(5-2)9-13-11(12)6-3;1-3(2)4(5)6;1-2-3(4)5/h6,10H,3-5,7-9H2,1-2H3;1H2,2H3,(H,5,6);2H,1H2,(H,4,5). The maximum Gasteiger partial charge on any atom is 0.330 e. The average Bonchev–Trinajstić information content (AvgIpc) is 2.55. The van der Waals surface area contributed by atoms with Gasteiger partial charge in [-0.25, -0.2) is 14.4 Å². The zero-order valence-corrected chi connectivity index (χ0v) is 14.9. The summed E-state index contributed by atoms with van der Waals surface area (Å²) >= 11 is 0. The van der Waals surface area contributed by atoms with Crippen LogP contribution >= 0.6 is 0 Å². The van der Waals surface area contributed by atoms with E-state index < -0.39 is 11.9 Å². The van der Waals surface area contributed by atoms with Gasteiger partial charge in [-0.2, -0.15) is 0 Å². The number of unbranched alkanes of at least 4 members (excludes halogenated alkanes) is 1. The molecule has 0 amide bonds. The van der Waals surface area contributed by atoms with Gasteiger partial charge in [0.1, 0.15) is 0 Å². The van der Waals surface area contributed by atoms with Gasteiger partial charge in [0.05, 0.1) is 6.61 Å². The number of rotatable bonds is 9. The Kier molecular flexibility index (Phi) is 20.6. The van der Waals surface area contributed by atoms with Gasteiger partial charge in [0, 0.05) is 17.7 Å². The molecule has 24 heavy (non-hydrogen) atoms. The van der Waals surface area contributed by atoms with E-state index in [9.17, 15) is 14.4 Å². The molecule has 2 N–H and O–H groups in total. The van der Waals surface area contributed by atoms with E-state index in [1.54, 1.807) is 0 Å². The van der Waals surface area contributed by atoms with Crippen molar-refractivity contribution in [2.24, 2.45) is 5.92 Å². The number of aliphatic carboxylic acids is 2. The van der Waals surface area contributed by atoms with Crippen LogP contribution in [0.4, 0.5) is 0 Å². The molecule has 0 fully saturated rings. The molecular formula is C18H30O6. The Hall–Kier alpha value is -2.37. The molecule has 0 heterocycles. The van der Waals surface area contributed by atoms with Crippen molar-refractivity contribution >= 4 is 17.9 Å². The minimum absolute atomic E-state index is 0.176. The summed E-state index contributed by atoms with van der Waals surface area (Å²) in [5.74, 6) is -1.71. The smallest absolute Gasteiger partial charge is 0.330 e. The van der Waals surface area contributed by atoms with Crippen molar-refractivity contribution in [3.63, 3.8) is 0 Å². The summed E-state index contributed by atoms with van der Waals surface area (Å²) in [5.41, 5.74) is 0.176. The molecule has 0 radical (unpaired) electrons. The first-order chi connectivity index (χ1) is 11.2. The Morgan fingerprint density at radius 1 is 1.12 bits per heavy atom. The minimum Gasteiger partial charge on any atom is -0.478 e. The molecule has 0 rings (SSSR count). The topological polar surface area (TPSA) is 101 Å². The quantitative estimate of drug-likeness (QED) is 0.488. The molecule has 0 aromatic rings. The lowest BCUT2D eigenvalue weighted by Crippen LogP contribution is -2.12. The number of ether oxygens (including phenoxy) is 1. The second-order valence-electron chi connectivity index (χ2n) is 4.88. The molecule has 0 aliphatic carbocycles. The van der Waals surface area contributed by atoms with Crippen LogP contribution in [-0.2, 0) is 19.1 Å². The monoisotopic (exact) mass is 342 g/mol. The summed E-state index contributed by atoms with van der Waals surface area (Å²) < 4.78 is 4.98. The van der Waals surface area contributed by atoms with Gasteiger partial charge < -0.3 is 14.9 Å². The van der Waals surface area contributed by atoms with Gasteiger partial charge in [0.2, 0.25) is 0 Å². The molecule has 6 nitrogen and oxygen atoms in total. The molecular weight excluding hydrogens is 312 g/mol. The average molecular weight is 342 g/mol. The highest BCUT2D eigenvalue weighted by Gasteiger charge is 2.07. The van der Waals surface area contributed by atoms with E-state index in [0.717, 1.165) is 18.9 Å². The lowest BCUT2D eigenvalue weighted by Gasteiger charge is -2.13. The second-order valence-corrected chi connectivity index (χ2v) is 4.88. The van der Waals surface area contributed by atoms with Crippen LogP contribution in [0.3, 0.4) is 0 Å². The molecule has 0 aliphatic rings. The number of carboxylic acids is 2. The van der Waals surface area contributed by atoms with Crippen LogP contribution in [0.1, 0.15) is 46.5 Å². The highest BCUT2D eigenvalue weighted by atomic mass is 16.5. The lowest BCUT2D eigenvalue weighted by atomic mass is 10.0. The fourth-order valence-corrected chi connectivity index (χ4v) is 1.16. The van der Waals surface area contributed by atoms with E-state index in [1.165, 1.54) is 25.8 Å². The Morgan fingerprint density at radius 3 is 1.83 bits per heavy atom. The van der Waals surface area contributed by atoms with E-state index in [4.69, 9.17) is 14.9 Å². The zero-order valence-electron chi connectivity index (χ0n) is 14.9. The van der Waals surface area contributed by atoms with E-state index >= 15 is 0 Å². The highest BCUT2D eigenvalue weighted by Crippen LogP contribution is 2.12. The van der Waals surface area contributed by atoms with E-state index in [0.29, 0.717) is 12.5 Å². The number of carbonyl (C=O) groups is 3. The summed E-state index contributed by atoms with van der Waals surface area (Å²) in [7, 11) is 0. The van der Waals surface area contributed by atoms with Crippen molar-refractivity contribution in [3.8, 4) is 0 Å². The summed E-state index contributed by atoms with van der Waals surface area (Å²) in [6.07, 6.45) is 6.68. The summed E-state index contributed by atoms with van der Waals surface area (Å²) in [6.45, 7) is 15.8. The number of carbonyl (C=O) groups excluding carboxylic acids is 1. The third-order valence-electron chi connectivity index (χ3n) is 2.71. The number of carboxylic acid groups (broad SMARTS) is 2. The molecule has 1 unspecified atom stereocenters. The molecule has 0 saturated heterocycles. The Balaban J connectivity index is -0.000000332. The SMILES string of the molecule is C=C(C)C(=O)O.C=CC(=O)O.C=CC(=O)OCC(CC)CCCC. The van der Waals surface area contributed by atoms with E-state index in [-0.39, 0.29) is 11.5 Å².